The molecular formula is C19H17FN2O. The van der Waals surface area contributed by atoms with Crippen molar-refractivity contribution in [2.24, 2.45) is 0 Å². The maximum absolute atomic E-state index is 14.0. The smallest absolute Gasteiger partial charge is 0.131 e. The Morgan fingerprint density at radius 3 is 2.74 bits per heavy atom. The van der Waals surface area contributed by atoms with Gasteiger partial charge in [-0.25, -0.2) is 9.37 Å². The molecule has 0 amide bonds. The number of aromatic nitrogens is 2. The van der Waals surface area contributed by atoms with E-state index in [0.717, 1.165) is 41.2 Å². The Balaban J connectivity index is 1.62. The van der Waals surface area contributed by atoms with Gasteiger partial charge in [-0.1, -0.05) is 6.92 Å². The molecule has 4 heteroatoms. The highest BCUT2D eigenvalue weighted by Crippen LogP contribution is 2.41. The number of rotatable bonds is 3. The van der Waals surface area contributed by atoms with Gasteiger partial charge in [0.1, 0.15) is 17.3 Å². The number of fused-ring (bicyclic) bond motifs is 1. The minimum Gasteiger partial charge on any atom is -0.457 e. The molecule has 0 aliphatic heterocycles. The maximum Gasteiger partial charge on any atom is 0.131 e. The van der Waals surface area contributed by atoms with Gasteiger partial charge in [0.25, 0.3) is 0 Å². The number of nitrogens with zero attached hydrogens (tertiary/aromatic N) is 2. The summed E-state index contributed by atoms with van der Waals surface area (Å²) < 4.78 is 21.9. The first-order valence-electron chi connectivity index (χ1n) is 7.80. The van der Waals surface area contributed by atoms with Crippen molar-refractivity contribution in [2.45, 2.75) is 25.7 Å². The summed E-state index contributed by atoms with van der Waals surface area (Å²) in [7, 11) is 0. The van der Waals surface area contributed by atoms with Gasteiger partial charge in [0, 0.05) is 23.6 Å². The zero-order valence-corrected chi connectivity index (χ0v) is 12.9. The number of benzene rings is 2. The van der Waals surface area contributed by atoms with Gasteiger partial charge in [-0.3, -0.25) is 0 Å². The molecule has 1 unspecified atom stereocenters. The van der Waals surface area contributed by atoms with Crippen molar-refractivity contribution >= 4 is 0 Å². The van der Waals surface area contributed by atoms with E-state index in [1.54, 1.807) is 18.6 Å². The lowest BCUT2D eigenvalue weighted by Crippen LogP contribution is -1.96. The van der Waals surface area contributed by atoms with E-state index in [1.165, 1.54) is 6.07 Å². The number of halogens is 1. The second-order valence-corrected chi connectivity index (χ2v) is 5.94. The molecular weight excluding hydrogens is 291 g/mol. The summed E-state index contributed by atoms with van der Waals surface area (Å²) in [5.74, 6) is 1.66. The van der Waals surface area contributed by atoms with Crippen LogP contribution >= 0.6 is 0 Å². The Bertz CT molecular complexity index is 825. The third kappa shape index (κ3) is 2.50. The van der Waals surface area contributed by atoms with Crippen LogP contribution in [0.1, 0.15) is 30.4 Å². The SMILES string of the molecule is CC1CCc2c(Oc3ccc(-n4ccnc4)cc3)ccc(F)c21. The highest BCUT2D eigenvalue weighted by Gasteiger charge is 2.25. The molecule has 23 heavy (non-hydrogen) atoms. The first kappa shape index (κ1) is 14.0. The monoisotopic (exact) mass is 308 g/mol. The Hall–Kier alpha value is -2.62. The molecule has 0 spiro atoms. The second kappa shape index (κ2) is 5.54. The standard InChI is InChI=1S/C19H17FN2O/c1-13-2-7-16-18(9-8-17(20)19(13)16)23-15-5-3-14(4-6-15)22-11-10-21-12-22/h3-6,8-13H,2,7H2,1H3. The van der Waals surface area contributed by atoms with Crippen LogP contribution in [-0.4, -0.2) is 9.55 Å². The van der Waals surface area contributed by atoms with Gasteiger partial charge in [0.05, 0.1) is 6.33 Å². The fraction of sp³-hybridized carbons (Fsp3) is 0.211. The molecule has 1 atom stereocenters. The van der Waals surface area contributed by atoms with Gasteiger partial charge in [-0.15, -0.1) is 0 Å². The highest BCUT2D eigenvalue weighted by atomic mass is 19.1. The summed E-state index contributed by atoms with van der Waals surface area (Å²) >= 11 is 0. The Labute approximate surface area is 134 Å². The number of ether oxygens (including phenoxy) is 1. The minimum atomic E-state index is -0.118. The lowest BCUT2D eigenvalue weighted by Gasteiger charge is -2.13. The Morgan fingerprint density at radius 1 is 1.17 bits per heavy atom. The summed E-state index contributed by atoms with van der Waals surface area (Å²) in [6, 6.07) is 11.0. The van der Waals surface area contributed by atoms with Gasteiger partial charge in [-0.05, 0) is 60.7 Å². The fourth-order valence-electron chi connectivity index (χ4n) is 3.23. The summed E-state index contributed by atoms with van der Waals surface area (Å²) in [5.41, 5.74) is 2.85. The first-order chi connectivity index (χ1) is 11.2. The molecule has 1 heterocycles. The van der Waals surface area contributed by atoms with Crippen LogP contribution in [0.5, 0.6) is 11.5 Å². The van der Waals surface area contributed by atoms with Crippen LogP contribution in [0.2, 0.25) is 0 Å². The van der Waals surface area contributed by atoms with Crippen LogP contribution in [0.15, 0.2) is 55.1 Å². The normalized spacial score (nSPS) is 16.3. The van der Waals surface area contributed by atoms with E-state index in [2.05, 4.69) is 11.9 Å². The number of hydrogen-bond donors (Lipinski definition) is 0. The summed E-state index contributed by atoms with van der Waals surface area (Å²) in [4.78, 5) is 4.04. The van der Waals surface area contributed by atoms with Crippen molar-refractivity contribution in [3.05, 3.63) is 72.1 Å². The Morgan fingerprint density at radius 2 is 2.00 bits per heavy atom. The topological polar surface area (TPSA) is 27.1 Å². The molecule has 0 bridgehead atoms. The van der Waals surface area contributed by atoms with Crippen molar-refractivity contribution in [1.82, 2.24) is 9.55 Å². The lowest BCUT2D eigenvalue weighted by molar-refractivity contribution is 0.474. The molecule has 0 saturated heterocycles. The van der Waals surface area contributed by atoms with Crippen LogP contribution in [0.4, 0.5) is 4.39 Å². The van der Waals surface area contributed by atoms with Crippen LogP contribution in [0, 0.1) is 5.82 Å². The molecule has 1 aromatic heterocycles. The molecule has 116 valence electrons. The van der Waals surface area contributed by atoms with E-state index in [9.17, 15) is 4.39 Å². The van der Waals surface area contributed by atoms with Crippen molar-refractivity contribution < 1.29 is 9.13 Å². The van der Waals surface area contributed by atoms with Crippen molar-refractivity contribution in [2.75, 3.05) is 0 Å². The average molecular weight is 308 g/mol. The van der Waals surface area contributed by atoms with Crippen molar-refractivity contribution in [3.8, 4) is 17.2 Å². The zero-order valence-electron chi connectivity index (χ0n) is 12.9. The number of imidazole rings is 1. The molecule has 4 rings (SSSR count). The Kier molecular flexibility index (Phi) is 3.37. The average Bonchev–Trinajstić information content (AvgIpc) is 3.21. The van der Waals surface area contributed by atoms with Crippen LogP contribution in [-0.2, 0) is 6.42 Å². The zero-order chi connectivity index (χ0) is 15.8. The summed E-state index contributed by atoms with van der Waals surface area (Å²) in [6.45, 7) is 2.07. The summed E-state index contributed by atoms with van der Waals surface area (Å²) in [5, 5.41) is 0. The molecule has 0 fully saturated rings. The third-order valence-electron chi connectivity index (χ3n) is 4.45. The van der Waals surface area contributed by atoms with E-state index >= 15 is 0 Å². The van der Waals surface area contributed by atoms with E-state index in [0.29, 0.717) is 0 Å². The van der Waals surface area contributed by atoms with Gasteiger partial charge in [0.15, 0.2) is 0 Å². The van der Waals surface area contributed by atoms with E-state index in [4.69, 9.17) is 4.74 Å². The molecule has 2 aromatic carbocycles. The predicted molar refractivity (Wildman–Crippen MR) is 86.8 cm³/mol. The molecule has 3 aromatic rings. The fourth-order valence-corrected chi connectivity index (χ4v) is 3.23. The second-order valence-electron chi connectivity index (χ2n) is 5.94. The van der Waals surface area contributed by atoms with Crippen molar-refractivity contribution in [3.63, 3.8) is 0 Å². The highest BCUT2D eigenvalue weighted by molar-refractivity contribution is 5.48. The third-order valence-corrected chi connectivity index (χ3v) is 4.45. The number of hydrogen-bond acceptors (Lipinski definition) is 2. The first-order valence-corrected chi connectivity index (χ1v) is 7.80. The lowest BCUT2D eigenvalue weighted by atomic mass is 10.0. The van der Waals surface area contributed by atoms with Gasteiger partial charge in [0.2, 0.25) is 0 Å². The molecule has 0 N–H and O–H groups in total. The molecule has 0 radical (unpaired) electrons. The quantitative estimate of drug-likeness (QED) is 0.691. The van der Waals surface area contributed by atoms with Gasteiger partial charge in [-0.2, -0.15) is 0 Å². The summed E-state index contributed by atoms with van der Waals surface area (Å²) in [6.07, 6.45) is 7.24. The molecule has 3 nitrogen and oxygen atoms in total. The van der Waals surface area contributed by atoms with Crippen LogP contribution in [0.3, 0.4) is 0 Å². The largest absolute Gasteiger partial charge is 0.457 e. The molecule has 0 saturated carbocycles. The molecule has 1 aliphatic carbocycles. The predicted octanol–water partition coefficient (Wildman–Crippen LogP) is 4.85. The van der Waals surface area contributed by atoms with Crippen LogP contribution in [0.25, 0.3) is 5.69 Å². The van der Waals surface area contributed by atoms with Gasteiger partial charge >= 0.3 is 0 Å². The van der Waals surface area contributed by atoms with Gasteiger partial charge < -0.3 is 9.30 Å². The van der Waals surface area contributed by atoms with E-state index in [-0.39, 0.29) is 11.7 Å². The van der Waals surface area contributed by atoms with E-state index in [1.807, 2.05) is 35.0 Å². The minimum absolute atomic E-state index is 0.118. The van der Waals surface area contributed by atoms with Crippen molar-refractivity contribution in [1.29, 1.82) is 0 Å². The maximum atomic E-state index is 14.0. The van der Waals surface area contributed by atoms with E-state index < -0.39 is 0 Å². The molecule has 1 aliphatic rings. The van der Waals surface area contributed by atoms with Crippen LogP contribution < -0.4 is 4.74 Å².